The molecule has 1 aliphatic heterocycles. The number of hydrogen-bond acceptors (Lipinski definition) is 3. The van der Waals surface area contributed by atoms with Crippen molar-refractivity contribution in [3.8, 4) is 5.75 Å². The highest BCUT2D eigenvalue weighted by atomic mass is 32.1. The first kappa shape index (κ1) is 17.0. The maximum Gasteiger partial charge on any atom is 0.166 e. The van der Waals surface area contributed by atoms with E-state index in [9.17, 15) is 0 Å². The number of methoxy groups -OCH3 is 1. The first-order valence-corrected chi connectivity index (χ1v) is 8.52. The van der Waals surface area contributed by atoms with E-state index in [4.69, 9.17) is 17.0 Å². The van der Waals surface area contributed by atoms with E-state index in [1.165, 1.54) is 24.9 Å². The van der Waals surface area contributed by atoms with Gasteiger partial charge in [0.2, 0.25) is 0 Å². The maximum absolute atomic E-state index is 5.36. The maximum atomic E-state index is 5.36. The summed E-state index contributed by atoms with van der Waals surface area (Å²) >= 11 is 5.36. The predicted octanol–water partition coefficient (Wildman–Crippen LogP) is 2.19. The van der Waals surface area contributed by atoms with Crippen molar-refractivity contribution in [1.82, 2.24) is 15.5 Å². The summed E-state index contributed by atoms with van der Waals surface area (Å²) < 4.78 is 5.16. The van der Waals surface area contributed by atoms with Crippen LogP contribution in [-0.4, -0.2) is 49.3 Å². The Kier molecular flexibility index (Phi) is 6.93. The quantitative estimate of drug-likeness (QED) is 0.753. The standard InChI is InChI=1S/C17H27N3OS/c1-3-20-12-4-5-15(20)13-19-17(22)18-11-10-14-6-8-16(21-2)9-7-14/h6-9,15H,3-5,10-13H2,1-2H3,(H2,18,19,22). The highest BCUT2D eigenvalue weighted by Gasteiger charge is 2.22. The molecule has 0 radical (unpaired) electrons. The van der Waals surface area contributed by atoms with E-state index >= 15 is 0 Å². The Balaban J connectivity index is 1.63. The number of likely N-dealkylation sites (tertiary alicyclic amines) is 1. The van der Waals surface area contributed by atoms with Crippen LogP contribution in [0, 0.1) is 0 Å². The number of thiocarbonyl (C=S) groups is 1. The van der Waals surface area contributed by atoms with Gasteiger partial charge in [-0.1, -0.05) is 19.1 Å². The lowest BCUT2D eigenvalue weighted by molar-refractivity contribution is 0.267. The summed E-state index contributed by atoms with van der Waals surface area (Å²) in [6, 6.07) is 8.80. The summed E-state index contributed by atoms with van der Waals surface area (Å²) in [5.41, 5.74) is 1.28. The summed E-state index contributed by atoms with van der Waals surface area (Å²) in [7, 11) is 1.69. The van der Waals surface area contributed by atoms with Gasteiger partial charge >= 0.3 is 0 Å². The monoisotopic (exact) mass is 321 g/mol. The highest BCUT2D eigenvalue weighted by Crippen LogP contribution is 2.15. The molecule has 1 atom stereocenters. The predicted molar refractivity (Wildman–Crippen MR) is 95.6 cm³/mol. The topological polar surface area (TPSA) is 36.5 Å². The van der Waals surface area contributed by atoms with E-state index in [2.05, 4.69) is 34.6 Å². The van der Waals surface area contributed by atoms with Gasteiger partial charge in [0.05, 0.1) is 7.11 Å². The fourth-order valence-corrected chi connectivity index (χ4v) is 3.11. The minimum absolute atomic E-state index is 0.631. The zero-order valence-electron chi connectivity index (χ0n) is 13.6. The second kappa shape index (κ2) is 8.96. The molecule has 1 fully saturated rings. The largest absolute Gasteiger partial charge is 0.497 e. The fraction of sp³-hybridized carbons (Fsp3) is 0.588. The van der Waals surface area contributed by atoms with Crippen LogP contribution >= 0.6 is 12.2 Å². The Labute approximate surface area is 139 Å². The normalized spacial score (nSPS) is 18.2. The van der Waals surface area contributed by atoms with Crippen LogP contribution < -0.4 is 15.4 Å². The number of hydrogen-bond donors (Lipinski definition) is 2. The lowest BCUT2D eigenvalue weighted by Gasteiger charge is -2.23. The van der Waals surface area contributed by atoms with Crippen LogP contribution in [0.4, 0.5) is 0 Å². The molecule has 1 unspecified atom stereocenters. The molecule has 4 nitrogen and oxygen atoms in total. The number of benzene rings is 1. The number of nitrogens with one attached hydrogen (secondary N) is 2. The summed E-state index contributed by atoms with van der Waals surface area (Å²) in [5.74, 6) is 0.894. The average Bonchev–Trinajstić information content (AvgIpc) is 3.01. The molecule has 0 aliphatic carbocycles. The van der Waals surface area contributed by atoms with Crippen LogP contribution in [-0.2, 0) is 6.42 Å². The molecule has 1 aliphatic rings. The molecular formula is C17H27N3OS. The molecule has 2 N–H and O–H groups in total. The first-order chi connectivity index (χ1) is 10.7. The molecule has 122 valence electrons. The van der Waals surface area contributed by atoms with E-state index in [0.717, 1.165) is 36.9 Å². The summed E-state index contributed by atoms with van der Waals surface area (Å²) in [6.07, 6.45) is 3.53. The van der Waals surface area contributed by atoms with Gasteiger partial charge in [0.25, 0.3) is 0 Å². The second-order valence-electron chi connectivity index (χ2n) is 5.66. The van der Waals surface area contributed by atoms with Crippen molar-refractivity contribution in [1.29, 1.82) is 0 Å². The van der Waals surface area contributed by atoms with Gasteiger partial charge in [-0.05, 0) is 62.3 Å². The van der Waals surface area contributed by atoms with Gasteiger partial charge in [-0.25, -0.2) is 0 Å². The molecule has 2 rings (SSSR count). The van der Waals surface area contributed by atoms with Crippen molar-refractivity contribution >= 4 is 17.3 Å². The van der Waals surface area contributed by atoms with Crippen molar-refractivity contribution in [3.05, 3.63) is 29.8 Å². The summed E-state index contributed by atoms with van der Waals surface area (Å²) in [4.78, 5) is 2.52. The zero-order chi connectivity index (χ0) is 15.8. The molecule has 1 saturated heterocycles. The van der Waals surface area contributed by atoms with Gasteiger partial charge in [0.15, 0.2) is 5.11 Å². The van der Waals surface area contributed by atoms with Gasteiger partial charge < -0.3 is 15.4 Å². The van der Waals surface area contributed by atoms with Crippen molar-refractivity contribution in [2.24, 2.45) is 0 Å². The zero-order valence-corrected chi connectivity index (χ0v) is 14.4. The molecule has 0 aromatic heterocycles. The van der Waals surface area contributed by atoms with Crippen LogP contribution in [0.5, 0.6) is 5.75 Å². The molecule has 22 heavy (non-hydrogen) atoms. The van der Waals surface area contributed by atoms with Gasteiger partial charge in [-0.15, -0.1) is 0 Å². The molecule has 1 aromatic rings. The molecular weight excluding hydrogens is 294 g/mol. The first-order valence-electron chi connectivity index (χ1n) is 8.11. The van der Waals surface area contributed by atoms with Crippen molar-refractivity contribution < 1.29 is 4.74 Å². The Morgan fingerprint density at radius 1 is 1.32 bits per heavy atom. The molecule has 0 saturated carbocycles. The van der Waals surface area contributed by atoms with Gasteiger partial charge in [0, 0.05) is 19.1 Å². The van der Waals surface area contributed by atoms with Crippen LogP contribution in [0.25, 0.3) is 0 Å². The smallest absolute Gasteiger partial charge is 0.166 e. The Hall–Kier alpha value is -1.33. The number of nitrogens with zero attached hydrogens (tertiary/aromatic N) is 1. The van der Waals surface area contributed by atoms with E-state index < -0.39 is 0 Å². The van der Waals surface area contributed by atoms with Gasteiger partial charge in [0.1, 0.15) is 5.75 Å². The van der Waals surface area contributed by atoms with Gasteiger partial charge in [-0.3, -0.25) is 4.90 Å². The molecule has 0 spiro atoms. The SMILES string of the molecule is CCN1CCCC1CNC(=S)NCCc1ccc(OC)cc1. The number of ether oxygens (including phenoxy) is 1. The lowest BCUT2D eigenvalue weighted by Crippen LogP contribution is -2.44. The van der Waals surface area contributed by atoms with Crippen LogP contribution in [0.2, 0.25) is 0 Å². The second-order valence-corrected chi connectivity index (χ2v) is 6.07. The molecule has 1 aromatic carbocycles. The molecule has 1 heterocycles. The Morgan fingerprint density at radius 3 is 2.77 bits per heavy atom. The molecule has 0 bridgehead atoms. The van der Waals surface area contributed by atoms with Crippen molar-refractivity contribution in [2.45, 2.75) is 32.2 Å². The van der Waals surface area contributed by atoms with E-state index in [-0.39, 0.29) is 0 Å². The minimum Gasteiger partial charge on any atom is -0.497 e. The Bertz CT molecular complexity index is 463. The third kappa shape index (κ3) is 5.14. The summed E-state index contributed by atoms with van der Waals surface area (Å²) in [6.45, 7) is 6.37. The van der Waals surface area contributed by atoms with Crippen LogP contribution in [0.3, 0.4) is 0 Å². The van der Waals surface area contributed by atoms with Crippen molar-refractivity contribution in [2.75, 3.05) is 33.3 Å². The van der Waals surface area contributed by atoms with Gasteiger partial charge in [-0.2, -0.15) is 0 Å². The van der Waals surface area contributed by atoms with Crippen LogP contribution in [0.1, 0.15) is 25.3 Å². The third-order valence-corrected chi connectivity index (χ3v) is 4.55. The number of likely N-dealkylation sites (N-methyl/N-ethyl adjacent to an activating group) is 1. The molecule has 5 heteroatoms. The van der Waals surface area contributed by atoms with Crippen molar-refractivity contribution in [3.63, 3.8) is 0 Å². The lowest BCUT2D eigenvalue weighted by atomic mass is 10.1. The van der Waals surface area contributed by atoms with Crippen LogP contribution in [0.15, 0.2) is 24.3 Å². The minimum atomic E-state index is 0.631. The summed E-state index contributed by atoms with van der Waals surface area (Å²) in [5, 5.41) is 7.40. The van der Waals surface area contributed by atoms with E-state index in [0.29, 0.717) is 6.04 Å². The average molecular weight is 321 g/mol. The highest BCUT2D eigenvalue weighted by molar-refractivity contribution is 7.80. The third-order valence-electron chi connectivity index (χ3n) is 4.26. The van der Waals surface area contributed by atoms with E-state index in [1.54, 1.807) is 7.11 Å². The number of rotatable bonds is 7. The molecule has 0 amide bonds. The fourth-order valence-electron chi connectivity index (χ4n) is 2.93. The Morgan fingerprint density at radius 2 is 2.09 bits per heavy atom. The van der Waals surface area contributed by atoms with E-state index in [1.807, 2.05) is 12.1 Å².